The van der Waals surface area contributed by atoms with Crippen LogP contribution < -0.4 is 10.0 Å². The van der Waals surface area contributed by atoms with Gasteiger partial charge in [0.1, 0.15) is 0 Å². The van der Waals surface area contributed by atoms with Crippen molar-refractivity contribution in [1.82, 2.24) is 19.8 Å². The van der Waals surface area contributed by atoms with Crippen LogP contribution in [0.1, 0.15) is 36.7 Å². The zero-order valence-electron chi connectivity index (χ0n) is 17.7. The summed E-state index contributed by atoms with van der Waals surface area (Å²) in [5.41, 5.74) is 1.16. The molecule has 28 heavy (non-hydrogen) atoms. The summed E-state index contributed by atoms with van der Waals surface area (Å²) in [7, 11) is -1.47. The van der Waals surface area contributed by atoms with Gasteiger partial charge in [0.05, 0.1) is 4.90 Å². The van der Waals surface area contributed by atoms with Crippen molar-refractivity contribution in [3.8, 4) is 0 Å². The highest BCUT2D eigenvalue weighted by Gasteiger charge is 2.26. The molecule has 1 aromatic rings. The molecule has 0 aliphatic carbocycles. The van der Waals surface area contributed by atoms with E-state index in [9.17, 15) is 13.2 Å². The molecular formula is C20H34N4O3S. The van der Waals surface area contributed by atoms with Gasteiger partial charge in [0.15, 0.2) is 0 Å². The van der Waals surface area contributed by atoms with Gasteiger partial charge in [-0.1, -0.05) is 26.8 Å². The third-order valence-corrected chi connectivity index (χ3v) is 6.89. The summed E-state index contributed by atoms with van der Waals surface area (Å²) in [6, 6.07) is 4.93. The number of nitrogens with one attached hydrogen (secondary N) is 2. The molecule has 1 amide bonds. The number of carbonyl (C=O) groups excluding carboxylic acids is 1. The number of hydrogen-bond acceptors (Lipinski definition) is 5. The second-order valence-corrected chi connectivity index (χ2v) is 9.61. The molecule has 0 saturated carbocycles. The molecule has 1 atom stereocenters. The van der Waals surface area contributed by atoms with Crippen LogP contribution in [0, 0.1) is 12.8 Å². The van der Waals surface area contributed by atoms with Crippen LogP contribution in [0.2, 0.25) is 0 Å². The Labute approximate surface area is 169 Å². The maximum atomic E-state index is 12.8. The highest BCUT2D eigenvalue weighted by molar-refractivity contribution is 7.89. The third kappa shape index (κ3) is 5.76. The van der Waals surface area contributed by atoms with Crippen molar-refractivity contribution < 1.29 is 13.2 Å². The number of sulfonamides is 1. The molecule has 0 bridgehead atoms. The first-order chi connectivity index (χ1) is 13.2. The fraction of sp³-hybridized carbons (Fsp3) is 0.650. The van der Waals surface area contributed by atoms with Gasteiger partial charge in [-0.25, -0.2) is 13.1 Å². The van der Waals surface area contributed by atoms with Gasteiger partial charge < -0.3 is 10.2 Å². The lowest BCUT2D eigenvalue weighted by Crippen LogP contribution is -2.54. The summed E-state index contributed by atoms with van der Waals surface area (Å²) in [4.78, 5) is 17.7. The molecule has 0 radical (unpaired) electrons. The van der Waals surface area contributed by atoms with E-state index >= 15 is 0 Å². The molecule has 1 aromatic carbocycles. The van der Waals surface area contributed by atoms with Gasteiger partial charge >= 0.3 is 0 Å². The van der Waals surface area contributed by atoms with Gasteiger partial charge in [0.2, 0.25) is 10.0 Å². The van der Waals surface area contributed by atoms with Crippen LogP contribution in [0.25, 0.3) is 0 Å². The second-order valence-electron chi connectivity index (χ2n) is 7.84. The molecule has 0 spiro atoms. The zero-order chi connectivity index (χ0) is 20.9. The fourth-order valence-corrected chi connectivity index (χ4v) is 4.59. The van der Waals surface area contributed by atoms with E-state index in [2.05, 4.69) is 40.7 Å². The minimum Gasteiger partial charge on any atom is -0.350 e. The Kier molecular flexibility index (Phi) is 8.00. The normalized spacial score (nSPS) is 17.6. The average molecular weight is 411 g/mol. The highest BCUT2D eigenvalue weighted by Crippen LogP contribution is 2.17. The number of likely N-dealkylation sites (N-methyl/N-ethyl adjacent to an activating group) is 1. The molecule has 1 unspecified atom stereocenters. The van der Waals surface area contributed by atoms with Crippen molar-refractivity contribution in [2.75, 3.05) is 46.3 Å². The van der Waals surface area contributed by atoms with Crippen molar-refractivity contribution in [2.45, 2.75) is 38.6 Å². The number of nitrogens with zero attached hydrogens (tertiary/aromatic N) is 2. The number of amides is 1. The average Bonchev–Trinajstić information content (AvgIpc) is 2.63. The summed E-state index contributed by atoms with van der Waals surface area (Å²) in [6.45, 7) is 12.8. The number of carbonyl (C=O) groups is 1. The van der Waals surface area contributed by atoms with Gasteiger partial charge in [0.25, 0.3) is 5.91 Å². The van der Waals surface area contributed by atoms with E-state index in [-0.39, 0.29) is 16.8 Å². The van der Waals surface area contributed by atoms with Crippen LogP contribution in [0.3, 0.4) is 0 Å². The Morgan fingerprint density at radius 2 is 1.82 bits per heavy atom. The third-order valence-electron chi connectivity index (χ3n) is 5.35. The molecular weight excluding hydrogens is 376 g/mol. The Balaban J connectivity index is 2.11. The molecule has 7 nitrogen and oxygen atoms in total. The Bertz CT molecular complexity index is 772. The number of benzene rings is 1. The molecule has 0 aromatic heterocycles. The van der Waals surface area contributed by atoms with Crippen LogP contribution in [-0.2, 0) is 10.0 Å². The predicted molar refractivity (Wildman–Crippen MR) is 112 cm³/mol. The molecule has 1 fully saturated rings. The minimum absolute atomic E-state index is 0.115. The first kappa shape index (κ1) is 22.8. The molecule has 1 aliphatic rings. The SMILES string of the molecule is CCNS(=O)(=O)c1ccc(C)c(C(=O)NCC(C(C)C)N2CCN(C)CC2)c1. The van der Waals surface area contributed by atoms with Gasteiger partial charge in [-0.15, -0.1) is 0 Å². The van der Waals surface area contributed by atoms with E-state index in [1.54, 1.807) is 13.0 Å². The van der Waals surface area contributed by atoms with Gasteiger partial charge in [-0.2, -0.15) is 0 Å². The number of aryl methyl sites for hydroxylation is 1. The molecule has 158 valence electrons. The van der Waals surface area contributed by atoms with Gasteiger partial charge in [0, 0.05) is 50.9 Å². The fourth-order valence-electron chi connectivity index (χ4n) is 3.52. The van der Waals surface area contributed by atoms with Crippen molar-refractivity contribution >= 4 is 15.9 Å². The summed E-state index contributed by atoms with van der Waals surface area (Å²) in [5, 5.41) is 3.03. The maximum Gasteiger partial charge on any atom is 0.251 e. The van der Waals surface area contributed by atoms with E-state index < -0.39 is 10.0 Å². The summed E-state index contributed by atoms with van der Waals surface area (Å²) in [6.07, 6.45) is 0. The van der Waals surface area contributed by atoms with Crippen LogP contribution in [-0.4, -0.2) is 76.5 Å². The molecule has 8 heteroatoms. The van der Waals surface area contributed by atoms with E-state index in [1.165, 1.54) is 12.1 Å². The quantitative estimate of drug-likeness (QED) is 0.675. The van der Waals surface area contributed by atoms with Crippen LogP contribution in [0.4, 0.5) is 0 Å². The summed E-state index contributed by atoms with van der Waals surface area (Å²) in [5.74, 6) is 0.177. The molecule has 2 rings (SSSR count). The lowest BCUT2D eigenvalue weighted by atomic mass is 10.0. The Morgan fingerprint density at radius 3 is 2.39 bits per heavy atom. The highest BCUT2D eigenvalue weighted by atomic mass is 32.2. The Morgan fingerprint density at radius 1 is 1.18 bits per heavy atom. The number of hydrogen-bond donors (Lipinski definition) is 2. The van der Waals surface area contributed by atoms with Gasteiger partial charge in [-0.3, -0.25) is 9.69 Å². The van der Waals surface area contributed by atoms with Crippen molar-refractivity contribution in [2.24, 2.45) is 5.92 Å². The van der Waals surface area contributed by atoms with Crippen molar-refractivity contribution in [1.29, 1.82) is 0 Å². The van der Waals surface area contributed by atoms with Crippen LogP contribution in [0.5, 0.6) is 0 Å². The number of rotatable bonds is 8. The lowest BCUT2D eigenvalue weighted by molar-refractivity contribution is 0.0790. The predicted octanol–water partition coefficient (Wildman–Crippen LogP) is 1.30. The minimum atomic E-state index is -3.59. The topological polar surface area (TPSA) is 81.7 Å². The second kappa shape index (κ2) is 9.82. The van der Waals surface area contributed by atoms with E-state index in [0.717, 1.165) is 31.7 Å². The zero-order valence-corrected chi connectivity index (χ0v) is 18.5. The summed E-state index contributed by atoms with van der Waals surface area (Å²) < 4.78 is 27.0. The standard InChI is InChI=1S/C20H34N4O3S/c1-6-22-28(26,27)17-8-7-16(4)18(13-17)20(25)21-14-19(15(2)3)24-11-9-23(5)10-12-24/h7-8,13,15,19,22H,6,9-12,14H2,1-5H3,(H,21,25). The number of piperazine rings is 1. The van der Waals surface area contributed by atoms with E-state index in [4.69, 9.17) is 0 Å². The molecule has 1 saturated heterocycles. The maximum absolute atomic E-state index is 12.8. The molecule has 1 aliphatic heterocycles. The summed E-state index contributed by atoms with van der Waals surface area (Å²) >= 11 is 0. The largest absolute Gasteiger partial charge is 0.350 e. The molecule has 2 N–H and O–H groups in total. The first-order valence-electron chi connectivity index (χ1n) is 9.96. The van der Waals surface area contributed by atoms with Crippen molar-refractivity contribution in [3.05, 3.63) is 29.3 Å². The van der Waals surface area contributed by atoms with Crippen molar-refractivity contribution in [3.63, 3.8) is 0 Å². The molecule has 1 heterocycles. The first-order valence-corrected chi connectivity index (χ1v) is 11.4. The van der Waals surface area contributed by atoms with E-state index in [0.29, 0.717) is 24.6 Å². The monoisotopic (exact) mass is 410 g/mol. The Hall–Kier alpha value is -1.48. The van der Waals surface area contributed by atoms with Crippen LogP contribution >= 0.6 is 0 Å². The van der Waals surface area contributed by atoms with Gasteiger partial charge in [-0.05, 0) is 37.6 Å². The smallest absolute Gasteiger partial charge is 0.251 e. The van der Waals surface area contributed by atoms with E-state index in [1.807, 2.05) is 6.92 Å². The van der Waals surface area contributed by atoms with Crippen LogP contribution in [0.15, 0.2) is 23.1 Å². The lowest BCUT2D eigenvalue weighted by Gasteiger charge is -2.40.